The van der Waals surface area contributed by atoms with Crippen LogP contribution in [0.15, 0.2) is 6.07 Å². The molecule has 2 rings (SSSR count). The van der Waals surface area contributed by atoms with E-state index in [0.29, 0.717) is 6.04 Å². The van der Waals surface area contributed by atoms with E-state index in [4.69, 9.17) is 0 Å². The third-order valence-corrected chi connectivity index (χ3v) is 3.42. The summed E-state index contributed by atoms with van der Waals surface area (Å²) in [5.74, 6) is 1.93. The Kier molecular flexibility index (Phi) is 3.94. The smallest absolute Gasteiger partial charge is 0.132 e. The average molecular weight is 234 g/mol. The van der Waals surface area contributed by atoms with E-state index in [1.165, 1.54) is 12.8 Å². The summed E-state index contributed by atoms with van der Waals surface area (Å²) in [6.45, 7) is 6.30. The van der Waals surface area contributed by atoms with Crippen LogP contribution in [0.1, 0.15) is 31.3 Å². The van der Waals surface area contributed by atoms with Gasteiger partial charge < -0.3 is 10.2 Å². The Labute approximate surface area is 103 Å². The van der Waals surface area contributed by atoms with Crippen molar-refractivity contribution in [2.45, 2.75) is 39.2 Å². The maximum atomic E-state index is 4.54. The van der Waals surface area contributed by atoms with Crippen LogP contribution in [0.5, 0.6) is 0 Å². The van der Waals surface area contributed by atoms with Crippen LogP contribution in [-0.2, 0) is 6.42 Å². The van der Waals surface area contributed by atoms with Crippen LogP contribution in [0.2, 0.25) is 0 Å². The minimum absolute atomic E-state index is 0.558. The lowest BCUT2D eigenvalue weighted by Gasteiger charge is -2.32. The summed E-state index contributed by atoms with van der Waals surface area (Å²) in [5.41, 5.74) is 1.13. The quantitative estimate of drug-likeness (QED) is 0.861. The molecule has 1 aliphatic heterocycles. The van der Waals surface area contributed by atoms with Gasteiger partial charge in [0.15, 0.2) is 0 Å². The fraction of sp³-hybridized carbons (Fsp3) is 0.692. The molecule has 1 aliphatic rings. The predicted octanol–water partition coefficient (Wildman–Crippen LogP) is 1.54. The van der Waals surface area contributed by atoms with Crippen molar-refractivity contribution in [3.8, 4) is 0 Å². The first-order valence-electron chi connectivity index (χ1n) is 6.49. The van der Waals surface area contributed by atoms with Gasteiger partial charge in [-0.05, 0) is 32.7 Å². The molecule has 1 aromatic heterocycles. The van der Waals surface area contributed by atoms with E-state index < -0.39 is 0 Å². The molecule has 1 atom stereocenters. The summed E-state index contributed by atoms with van der Waals surface area (Å²) in [6, 6.07) is 2.67. The number of aryl methyl sites for hydroxylation is 2. The lowest BCUT2D eigenvalue weighted by molar-refractivity contribution is 0.443. The highest BCUT2D eigenvalue weighted by molar-refractivity contribution is 5.40. The number of likely N-dealkylation sites (N-methyl/N-ethyl adjacent to an activating group) is 1. The molecule has 4 nitrogen and oxygen atoms in total. The molecule has 0 amide bonds. The number of aromatic nitrogens is 2. The summed E-state index contributed by atoms with van der Waals surface area (Å²) >= 11 is 0. The highest BCUT2D eigenvalue weighted by Crippen LogP contribution is 2.17. The molecule has 94 valence electrons. The fourth-order valence-electron chi connectivity index (χ4n) is 2.33. The Bertz CT molecular complexity index is 372. The highest BCUT2D eigenvalue weighted by atomic mass is 15.2. The molecule has 0 aromatic carbocycles. The molecule has 1 unspecified atom stereocenters. The second-order valence-corrected chi connectivity index (χ2v) is 4.73. The van der Waals surface area contributed by atoms with Crippen molar-refractivity contribution in [3.63, 3.8) is 0 Å². The lowest BCUT2D eigenvalue weighted by atomic mass is 10.1. The minimum atomic E-state index is 0.558. The van der Waals surface area contributed by atoms with Gasteiger partial charge >= 0.3 is 0 Å². The van der Waals surface area contributed by atoms with E-state index in [2.05, 4.69) is 40.2 Å². The van der Waals surface area contributed by atoms with Crippen molar-refractivity contribution in [1.82, 2.24) is 15.3 Å². The van der Waals surface area contributed by atoms with Gasteiger partial charge in [-0.3, -0.25) is 0 Å². The van der Waals surface area contributed by atoms with Crippen LogP contribution in [-0.4, -0.2) is 36.1 Å². The van der Waals surface area contributed by atoms with E-state index in [9.17, 15) is 0 Å². The van der Waals surface area contributed by atoms with E-state index in [1.54, 1.807) is 0 Å². The molecule has 0 saturated carbocycles. The van der Waals surface area contributed by atoms with Crippen molar-refractivity contribution < 1.29 is 0 Å². The van der Waals surface area contributed by atoms with Crippen LogP contribution < -0.4 is 10.2 Å². The molecular weight excluding hydrogens is 212 g/mol. The molecule has 0 spiro atoms. The zero-order chi connectivity index (χ0) is 12.3. The molecule has 1 aromatic rings. The summed E-state index contributed by atoms with van der Waals surface area (Å²) in [6.07, 6.45) is 3.46. The highest BCUT2D eigenvalue weighted by Gasteiger charge is 2.19. The fourth-order valence-corrected chi connectivity index (χ4v) is 2.33. The second-order valence-electron chi connectivity index (χ2n) is 4.73. The molecule has 0 bridgehead atoms. The monoisotopic (exact) mass is 234 g/mol. The summed E-state index contributed by atoms with van der Waals surface area (Å²) in [5, 5.41) is 3.44. The maximum Gasteiger partial charge on any atom is 0.132 e. The maximum absolute atomic E-state index is 4.54. The normalized spacial score (nSPS) is 20.3. The second kappa shape index (κ2) is 5.45. The summed E-state index contributed by atoms with van der Waals surface area (Å²) < 4.78 is 0. The number of rotatable bonds is 3. The zero-order valence-electron chi connectivity index (χ0n) is 11.0. The number of hydrogen-bond donors (Lipinski definition) is 1. The van der Waals surface area contributed by atoms with Crippen molar-refractivity contribution in [3.05, 3.63) is 17.6 Å². The molecule has 1 fully saturated rings. The first-order chi connectivity index (χ1) is 8.20. The first-order valence-corrected chi connectivity index (χ1v) is 6.49. The Hall–Kier alpha value is -1.16. The molecular formula is C13H22N4. The Balaban J connectivity index is 2.17. The van der Waals surface area contributed by atoms with Gasteiger partial charge in [0.05, 0.1) is 0 Å². The van der Waals surface area contributed by atoms with Crippen LogP contribution in [0, 0.1) is 6.92 Å². The van der Waals surface area contributed by atoms with Gasteiger partial charge in [-0.15, -0.1) is 0 Å². The van der Waals surface area contributed by atoms with Gasteiger partial charge in [0.1, 0.15) is 11.6 Å². The number of piperidine rings is 1. The SMILES string of the molecule is CCc1cc(N(C)C2CCCNC2)nc(C)n1. The predicted molar refractivity (Wildman–Crippen MR) is 70.4 cm³/mol. The topological polar surface area (TPSA) is 41.0 Å². The first kappa shape index (κ1) is 12.3. The zero-order valence-corrected chi connectivity index (χ0v) is 11.0. The average Bonchev–Trinajstić information content (AvgIpc) is 2.38. The van der Waals surface area contributed by atoms with E-state index in [1.807, 2.05) is 6.92 Å². The third-order valence-electron chi connectivity index (χ3n) is 3.42. The van der Waals surface area contributed by atoms with E-state index >= 15 is 0 Å². The van der Waals surface area contributed by atoms with E-state index in [0.717, 1.165) is 36.8 Å². The molecule has 1 N–H and O–H groups in total. The summed E-state index contributed by atoms with van der Waals surface area (Å²) in [7, 11) is 2.14. The Morgan fingerprint density at radius 1 is 1.47 bits per heavy atom. The molecule has 1 saturated heterocycles. The molecule has 17 heavy (non-hydrogen) atoms. The van der Waals surface area contributed by atoms with Gasteiger partial charge in [-0.2, -0.15) is 0 Å². The molecule has 0 aliphatic carbocycles. The van der Waals surface area contributed by atoms with Crippen LogP contribution in [0.3, 0.4) is 0 Å². The van der Waals surface area contributed by atoms with E-state index in [-0.39, 0.29) is 0 Å². The number of nitrogens with one attached hydrogen (secondary N) is 1. The van der Waals surface area contributed by atoms with Gasteiger partial charge in [0, 0.05) is 31.4 Å². The largest absolute Gasteiger partial charge is 0.355 e. The van der Waals surface area contributed by atoms with Gasteiger partial charge in [0.2, 0.25) is 0 Å². The van der Waals surface area contributed by atoms with Crippen LogP contribution >= 0.6 is 0 Å². The van der Waals surface area contributed by atoms with Crippen LogP contribution in [0.4, 0.5) is 5.82 Å². The Morgan fingerprint density at radius 3 is 2.94 bits per heavy atom. The van der Waals surface area contributed by atoms with Gasteiger partial charge in [-0.1, -0.05) is 6.92 Å². The number of anilines is 1. The van der Waals surface area contributed by atoms with Crippen molar-refractivity contribution in [1.29, 1.82) is 0 Å². The van der Waals surface area contributed by atoms with Gasteiger partial charge in [0.25, 0.3) is 0 Å². The van der Waals surface area contributed by atoms with Crippen molar-refractivity contribution >= 4 is 5.82 Å². The van der Waals surface area contributed by atoms with Crippen LogP contribution in [0.25, 0.3) is 0 Å². The third kappa shape index (κ3) is 2.94. The summed E-state index contributed by atoms with van der Waals surface area (Å²) in [4.78, 5) is 11.3. The minimum Gasteiger partial charge on any atom is -0.355 e. The van der Waals surface area contributed by atoms with Crippen molar-refractivity contribution in [2.75, 3.05) is 25.0 Å². The molecule has 0 radical (unpaired) electrons. The molecule has 4 heteroatoms. The lowest BCUT2D eigenvalue weighted by Crippen LogP contribution is -2.44. The van der Waals surface area contributed by atoms with Gasteiger partial charge in [-0.25, -0.2) is 9.97 Å². The Morgan fingerprint density at radius 2 is 2.29 bits per heavy atom. The van der Waals surface area contributed by atoms with Crippen molar-refractivity contribution in [2.24, 2.45) is 0 Å². The standard InChI is InChI=1S/C13H22N4/c1-4-11-8-13(16-10(2)15-11)17(3)12-6-5-7-14-9-12/h8,12,14H,4-7,9H2,1-3H3. The molecule has 2 heterocycles. The number of nitrogens with zero attached hydrogens (tertiary/aromatic N) is 3. The number of hydrogen-bond acceptors (Lipinski definition) is 4.